The zero-order chi connectivity index (χ0) is 37.0. The Kier molecular flexibility index (Phi) is 7.68. The quantitative estimate of drug-likeness (QED) is 0.170. The van der Waals surface area contributed by atoms with Gasteiger partial charge in [-0.05, 0) is 95.1 Å². The molecule has 0 aliphatic carbocycles. The van der Waals surface area contributed by atoms with Crippen LogP contribution < -0.4 is 0 Å². The third-order valence-corrected chi connectivity index (χ3v) is 12.0. The van der Waals surface area contributed by atoms with Crippen molar-refractivity contribution in [2.45, 2.75) is 0 Å². The minimum atomic E-state index is 0.712. The van der Waals surface area contributed by atoms with Gasteiger partial charge in [0.25, 0.3) is 0 Å². The van der Waals surface area contributed by atoms with E-state index in [9.17, 15) is 0 Å². The zero-order valence-corrected chi connectivity index (χ0v) is 31.1. The van der Waals surface area contributed by atoms with E-state index in [-0.39, 0.29) is 0 Å². The van der Waals surface area contributed by atoms with Gasteiger partial charge in [-0.1, -0.05) is 127 Å². The molecule has 0 fully saturated rings. The number of benzene rings is 8. The molecule has 0 aliphatic rings. The van der Waals surface area contributed by atoms with Crippen LogP contribution in [-0.4, -0.2) is 14.5 Å². The van der Waals surface area contributed by atoms with Gasteiger partial charge in [0.2, 0.25) is 0 Å². The van der Waals surface area contributed by atoms with Crippen LogP contribution in [0.5, 0.6) is 0 Å². The van der Waals surface area contributed by atoms with Gasteiger partial charge < -0.3 is 4.57 Å². The Bertz CT molecular complexity index is 3240. The molecule has 0 saturated carbocycles. The molecule has 0 unspecified atom stereocenters. The number of hydrogen-bond acceptors (Lipinski definition) is 3. The highest BCUT2D eigenvalue weighted by molar-refractivity contribution is 7.25. The van der Waals surface area contributed by atoms with Crippen LogP contribution in [0.4, 0.5) is 0 Å². The largest absolute Gasteiger partial charge is 0.309 e. The van der Waals surface area contributed by atoms with Crippen LogP contribution in [0.1, 0.15) is 0 Å². The molecule has 0 amide bonds. The summed E-state index contributed by atoms with van der Waals surface area (Å²) in [4.78, 5) is 10.4. The summed E-state index contributed by atoms with van der Waals surface area (Å²) in [6, 6.07) is 71.5. The maximum atomic E-state index is 5.24. The maximum Gasteiger partial charge on any atom is 0.160 e. The molecule has 11 aromatic rings. The second-order valence-corrected chi connectivity index (χ2v) is 15.3. The number of thiophene rings is 1. The molecule has 0 aliphatic heterocycles. The smallest absolute Gasteiger partial charge is 0.160 e. The Morgan fingerprint density at radius 3 is 1.59 bits per heavy atom. The van der Waals surface area contributed by atoms with Crippen molar-refractivity contribution in [1.29, 1.82) is 0 Å². The predicted molar refractivity (Wildman–Crippen MR) is 236 cm³/mol. The lowest BCUT2D eigenvalue weighted by atomic mass is 10.00. The van der Waals surface area contributed by atoms with Gasteiger partial charge in [-0.15, -0.1) is 11.3 Å². The van der Waals surface area contributed by atoms with Crippen molar-refractivity contribution in [1.82, 2.24) is 14.5 Å². The van der Waals surface area contributed by atoms with Crippen LogP contribution >= 0.6 is 11.3 Å². The number of nitrogens with zero attached hydrogens (tertiary/aromatic N) is 3. The fraction of sp³-hybridized carbons (Fsp3) is 0. The summed E-state index contributed by atoms with van der Waals surface area (Å²) in [5, 5.41) is 4.96. The van der Waals surface area contributed by atoms with Crippen molar-refractivity contribution in [3.8, 4) is 61.8 Å². The fourth-order valence-electron chi connectivity index (χ4n) is 8.07. The second-order valence-electron chi connectivity index (χ2n) is 14.2. The van der Waals surface area contributed by atoms with Gasteiger partial charge in [-0.3, -0.25) is 0 Å². The molecule has 3 heterocycles. The summed E-state index contributed by atoms with van der Waals surface area (Å²) >= 11 is 1.83. The van der Waals surface area contributed by atoms with Gasteiger partial charge in [-0.25, -0.2) is 9.97 Å². The van der Waals surface area contributed by atoms with Crippen LogP contribution in [0, 0.1) is 0 Å². The van der Waals surface area contributed by atoms with E-state index in [1.807, 2.05) is 17.4 Å². The lowest BCUT2D eigenvalue weighted by molar-refractivity contribution is 1.18. The first-order valence-electron chi connectivity index (χ1n) is 18.9. The average Bonchev–Trinajstić information content (AvgIpc) is 3.82. The molecule has 56 heavy (non-hydrogen) atoms. The molecule has 0 radical (unpaired) electrons. The van der Waals surface area contributed by atoms with Crippen LogP contribution in [0.3, 0.4) is 0 Å². The molecule has 3 aromatic heterocycles. The van der Waals surface area contributed by atoms with E-state index in [1.165, 1.54) is 64.4 Å². The SMILES string of the molecule is c1ccc(-c2cccc(-c3cc(-c4ccccc4)nc(-c4ccc5sc6ccc(-c7ccc8c(c7)c7ccccc7n8-c7ccccc7)cc6c5c4)n3)c2)cc1. The van der Waals surface area contributed by atoms with E-state index in [2.05, 4.69) is 199 Å². The molecule has 262 valence electrons. The van der Waals surface area contributed by atoms with E-state index >= 15 is 0 Å². The Hall–Kier alpha value is -7.14. The fourth-order valence-corrected chi connectivity index (χ4v) is 9.14. The van der Waals surface area contributed by atoms with Crippen molar-refractivity contribution in [3.63, 3.8) is 0 Å². The summed E-state index contributed by atoms with van der Waals surface area (Å²) in [5.74, 6) is 0.712. The second kappa shape index (κ2) is 13.3. The van der Waals surface area contributed by atoms with E-state index < -0.39 is 0 Å². The van der Waals surface area contributed by atoms with Gasteiger partial charge in [0, 0.05) is 53.3 Å². The molecule has 0 spiro atoms. The average molecular weight is 732 g/mol. The Balaban J connectivity index is 1.04. The molecule has 8 aromatic carbocycles. The van der Waals surface area contributed by atoms with Gasteiger partial charge in [0.05, 0.1) is 22.4 Å². The highest BCUT2D eigenvalue weighted by Crippen LogP contribution is 2.40. The lowest BCUT2D eigenvalue weighted by Gasteiger charge is -2.11. The minimum Gasteiger partial charge on any atom is -0.309 e. The molecule has 4 heteroatoms. The standard InChI is InChI=1S/C52H33N3S/c1-4-13-34(14-5-1)36-17-12-18-39(29-36)47-33-46(35-15-6-2-7-16-35)53-52(54-47)40-25-28-51-45(32-40)44-31-38(24-27-50(44)56-51)37-23-26-49-43(30-37)42-21-10-11-22-48(42)55(49)41-19-8-3-9-20-41/h1-33H. The molecule has 0 N–H and O–H groups in total. The molecular formula is C52H33N3S. The third kappa shape index (κ3) is 5.58. The van der Waals surface area contributed by atoms with Gasteiger partial charge in [0.15, 0.2) is 5.82 Å². The summed E-state index contributed by atoms with van der Waals surface area (Å²) in [6.07, 6.45) is 0. The van der Waals surface area contributed by atoms with Gasteiger partial charge >= 0.3 is 0 Å². The first-order chi connectivity index (χ1) is 27.7. The number of aromatic nitrogens is 3. The van der Waals surface area contributed by atoms with E-state index in [0.29, 0.717) is 5.82 Å². The number of fused-ring (bicyclic) bond motifs is 6. The van der Waals surface area contributed by atoms with Crippen molar-refractivity contribution < 1.29 is 0 Å². The number of hydrogen-bond donors (Lipinski definition) is 0. The third-order valence-electron chi connectivity index (χ3n) is 10.8. The van der Waals surface area contributed by atoms with Crippen LogP contribution in [0.25, 0.3) is 104 Å². The predicted octanol–water partition coefficient (Wildman–Crippen LogP) is 14.3. The van der Waals surface area contributed by atoms with E-state index in [1.54, 1.807) is 0 Å². The molecule has 0 bridgehead atoms. The van der Waals surface area contributed by atoms with Crippen LogP contribution in [0.2, 0.25) is 0 Å². The maximum absolute atomic E-state index is 5.24. The molecule has 0 atom stereocenters. The van der Waals surface area contributed by atoms with Gasteiger partial charge in [0.1, 0.15) is 0 Å². The molecular weight excluding hydrogens is 699 g/mol. The summed E-state index contributed by atoms with van der Waals surface area (Å²) in [6.45, 7) is 0. The topological polar surface area (TPSA) is 30.7 Å². The molecule has 0 saturated heterocycles. The van der Waals surface area contributed by atoms with E-state index in [4.69, 9.17) is 9.97 Å². The zero-order valence-electron chi connectivity index (χ0n) is 30.3. The Labute approximate surface area is 328 Å². The number of para-hydroxylation sites is 2. The summed E-state index contributed by atoms with van der Waals surface area (Å²) in [7, 11) is 0. The Morgan fingerprint density at radius 1 is 0.321 bits per heavy atom. The van der Waals surface area contributed by atoms with Crippen LogP contribution in [0.15, 0.2) is 200 Å². The van der Waals surface area contributed by atoms with E-state index in [0.717, 1.165) is 33.6 Å². The van der Waals surface area contributed by atoms with Crippen LogP contribution in [-0.2, 0) is 0 Å². The monoisotopic (exact) mass is 731 g/mol. The molecule has 11 rings (SSSR count). The minimum absolute atomic E-state index is 0.712. The van der Waals surface area contributed by atoms with Gasteiger partial charge in [-0.2, -0.15) is 0 Å². The molecule has 3 nitrogen and oxygen atoms in total. The normalized spacial score (nSPS) is 11.6. The lowest BCUT2D eigenvalue weighted by Crippen LogP contribution is -1.96. The van der Waals surface area contributed by atoms with Crippen molar-refractivity contribution in [2.24, 2.45) is 0 Å². The highest BCUT2D eigenvalue weighted by atomic mass is 32.1. The summed E-state index contributed by atoms with van der Waals surface area (Å²) in [5.41, 5.74) is 13.2. The summed E-state index contributed by atoms with van der Waals surface area (Å²) < 4.78 is 4.88. The van der Waals surface area contributed by atoms with Crippen molar-refractivity contribution in [3.05, 3.63) is 200 Å². The highest BCUT2D eigenvalue weighted by Gasteiger charge is 2.16. The first-order valence-corrected chi connectivity index (χ1v) is 19.7. The Morgan fingerprint density at radius 2 is 0.839 bits per heavy atom. The first kappa shape index (κ1) is 32.3. The number of rotatable bonds is 6. The van der Waals surface area contributed by atoms with Crippen molar-refractivity contribution >= 4 is 53.3 Å². The van der Waals surface area contributed by atoms with Crippen molar-refractivity contribution in [2.75, 3.05) is 0 Å².